The molecule has 0 aliphatic carbocycles. The molecule has 4 aromatic heterocycles. The second-order valence-corrected chi connectivity index (χ2v) is 10.4. The molecule has 43 heavy (non-hydrogen) atoms. The number of benzene rings is 2. The maximum atomic E-state index is 11.8. The first-order valence-corrected chi connectivity index (χ1v) is 13.7. The Kier molecular flexibility index (Phi) is 8.62. The first-order valence-electron chi connectivity index (χ1n) is 13.0. The van der Waals surface area contributed by atoms with Gasteiger partial charge in [0.15, 0.2) is 0 Å². The number of amides is 1. The Morgan fingerprint density at radius 2 is 1.28 bits per heavy atom. The number of carbonyl (C=O) groups excluding carboxylic acids is 1. The van der Waals surface area contributed by atoms with Crippen molar-refractivity contribution in [2.45, 2.75) is 13.8 Å². The van der Waals surface area contributed by atoms with E-state index >= 15 is 0 Å². The lowest BCUT2D eigenvalue weighted by atomic mass is 10.0. The van der Waals surface area contributed by atoms with Gasteiger partial charge in [0.2, 0.25) is 0 Å². The van der Waals surface area contributed by atoms with Gasteiger partial charge in [-0.05, 0) is 73.5 Å². The molecule has 0 saturated carbocycles. The lowest BCUT2D eigenvalue weighted by Crippen LogP contribution is -2.11. The molecule has 0 saturated heterocycles. The van der Waals surface area contributed by atoms with Crippen molar-refractivity contribution in [1.29, 1.82) is 5.26 Å². The van der Waals surface area contributed by atoms with E-state index in [1.54, 1.807) is 48.8 Å². The molecule has 0 atom stereocenters. The topological polar surface area (TPSA) is 150 Å². The fraction of sp³-hybridized carbons (Fsp3) is 0.0625. The van der Waals surface area contributed by atoms with Gasteiger partial charge in [0, 0.05) is 33.6 Å². The van der Waals surface area contributed by atoms with E-state index in [2.05, 4.69) is 36.0 Å². The standard InChI is InChI=1S/C16H13ClN4O.C16H11ClN4/c1-9-2-3-10(17)6-11(9)15-12(16(18)22)7-14(21-15)13-4-5-19-8-20-13;1-10-2-3-12(17)7-13(10)16-11(8-18)6-15(21-16)14-4-5-19-9-20-14/h2-8,21H,1H3,(H2,18,22);2-7,9,21H,1H3. The molecular formula is C32H24Cl2N8O. The van der Waals surface area contributed by atoms with Crippen LogP contribution >= 0.6 is 23.2 Å². The quantitative estimate of drug-likeness (QED) is 0.189. The van der Waals surface area contributed by atoms with Crippen molar-refractivity contribution in [2.75, 3.05) is 0 Å². The minimum atomic E-state index is -0.508. The number of nitrogens with two attached hydrogens (primary N) is 1. The highest BCUT2D eigenvalue weighted by Crippen LogP contribution is 2.33. The number of rotatable bonds is 5. The zero-order valence-electron chi connectivity index (χ0n) is 23.1. The largest absolute Gasteiger partial charge is 0.366 e. The maximum absolute atomic E-state index is 11.8. The van der Waals surface area contributed by atoms with Crippen LogP contribution in [0.25, 0.3) is 45.3 Å². The summed E-state index contributed by atoms with van der Waals surface area (Å²) < 4.78 is 0. The van der Waals surface area contributed by atoms with Crippen molar-refractivity contribution in [3.05, 3.63) is 118 Å². The lowest BCUT2D eigenvalue weighted by Gasteiger charge is -2.06. The molecule has 0 aliphatic rings. The average Bonchev–Trinajstić information content (AvgIpc) is 3.66. The third-order valence-electron chi connectivity index (χ3n) is 6.68. The fourth-order valence-electron chi connectivity index (χ4n) is 4.52. The maximum Gasteiger partial charge on any atom is 0.250 e. The number of halogens is 2. The number of aromatic nitrogens is 6. The van der Waals surface area contributed by atoms with Gasteiger partial charge in [-0.2, -0.15) is 5.26 Å². The smallest absolute Gasteiger partial charge is 0.250 e. The number of primary amides is 1. The van der Waals surface area contributed by atoms with Crippen molar-refractivity contribution >= 4 is 29.1 Å². The van der Waals surface area contributed by atoms with Crippen molar-refractivity contribution in [1.82, 2.24) is 29.9 Å². The molecule has 0 spiro atoms. The Hall–Kier alpha value is -5.30. The predicted molar refractivity (Wildman–Crippen MR) is 167 cm³/mol. The SMILES string of the molecule is Cc1ccc(Cl)cc1-c1[nH]c(-c2ccncn2)cc1C#N.Cc1ccc(Cl)cc1-c1[nH]c(-c2ccncn2)cc1C(N)=O. The minimum Gasteiger partial charge on any atom is -0.366 e. The van der Waals surface area contributed by atoms with Crippen molar-refractivity contribution in [3.63, 3.8) is 0 Å². The van der Waals surface area contributed by atoms with Gasteiger partial charge in [-0.1, -0.05) is 35.3 Å². The first kappa shape index (κ1) is 29.2. The van der Waals surface area contributed by atoms with Crippen molar-refractivity contribution < 1.29 is 4.79 Å². The van der Waals surface area contributed by atoms with E-state index in [9.17, 15) is 10.1 Å². The summed E-state index contributed by atoms with van der Waals surface area (Å²) in [5.74, 6) is -0.508. The van der Waals surface area contributed by atoms with Gasteiger partial charge in [-0.25, -0.2) is 19.9 Å². The van der Waals surface area contributed by atoms with E-state index < -0.39 is 5.91 Å². The number of H-pyrrole nitrogens is 2. The molecule has 0 aliphatic heterocycles. The zero-order chi connectivity index (χ0) is 30.5. The number of nitriles is 1. The predicted octanol–water partition coefficient (Wildman–Crippen LogP) is 7.17. The Balaban J connectivity index is 0.000000171. The van der Waals surface area contributed by atoms with Gasteiger partial charge in [0.1, 0.15) is 18.7 Å². The Morgan fingerprint density at radius 1 is 0.767 bits per heavy atom. The van der Waals surface area contributed by atoms with Crippen molar-refractivity contribution in [2.24, 2.45) is 5.73 Å². The fourth-order valence-corrected chi connectivity index (χ4v) is 4.86. The van der Waals surface area contributed by atoms with E-state index in [4.69, 9.17) is 28.9 Å². The van der Waals surface area contributed by atoms with E-state index in [1.165, 1.54) is 12.7 Å². The summed E-state index contributed by atoms with van der Waals surface area (Å²) >= 11 is 12.1. The van der Waals surface area contributed by atoms with Gasteiger partial charge in [-0.3, -0.25) is 4.79 Å². The summed E-state index contributed by atoms with van der Waals surface area (Å²) in [6.45, 7) is 3.93. The second-order valence-electron chi connectivity index (χ2n) is 9.53. The summed E-state index contributed by atoms with van der Waals surface area (Å²) in [6.07, 6.45) is 6.23. The van der Waals surface area contributed by atoms with Crippen LogP contribution in [0.2, 0.25) is 10.0 Å². The first-order chi connectivity index (χ1) is 20.7. The third-order valence-corrected chi connectivity index (χ3v) is 7.15. The number of carbonyl (C=O) groups is 1. The molecule has 1 amide bonds. The number of aryl methyl sites for hydroxylation is 2. The Labute approximate surface area is 257 Å². The van der Waals surface area contributed by atoms with Gasteiger partial charge >= 0.3 is 0 Å². The molecule has 4 N–H and O–H groups in total. The highest BCUT2D eigenvalue weighted by molar-refractivity contribution is 6.31. The number of nitrogens with zero attached hydrogens (tertiary/aromatic N) is 5. The summed E-state index contributed by atoms with van der Waals surface area (Å²) in [4.78, 5) is 34.4. The van der Waals surface area contributed by atoms with Crippen LogP contribution in [-0.4, -0.2) is 35.8 Å². The molecule has 4 heterocycles. The Morgan fingerprint density at radius 3 is 1.77 bits per heavy atom. The summed E-state index contributed by atoms with van der Waals surface area (Å²) in [5, 5.41) is 10.6. The molecule has 0 radical (unpaired) electrons. The monoisotopic (exact) mass is 606 g/mol. The number of hydrogen-bond acceptors (Lipinski definition) is 6. The molecule has 2 aromatic carbocycles. The van der Waals surface area contributed by atoms with E-state index in [-0.39, 0.29) is 0 Å². The minimum absolute atomic E-state index is 0.402. The van der Waals surface area contributed by atoms with Crippen LogP contribution in [-0.2, 0) is 0 Å². The van der Waals surface area contributed by atoms with Crippen LogP contribution in [0.1, 0.15) is 27.0 Å². The lowest BCUT2D eigenvalue weighted by molar-refractivity contribution is 0.100. The summed E-state index contributed by atoms with van der Waals surface area (Å²) in [5.41, 5.74) is 14.6. The molecule has 0 bridgehead atoms. The van der Waals surface area contributed by atoms with Crippen LogP contribution in [0.3, 0.4) is 0 Å². The number of hydrogen-bond donors (Lipinski definition) is 3. The highest BCUT2D eigenvalue weighted by Gasteiger charge is 2.18. The molecule has 11 heteroatoms. The second kappa shape index (κ2) is 12.7. The highest BCUT2D eigenvalue weighted by atomic mass is 35.5. The van der Waals surface area contributed by atoms with Gasteiger partial charge < -0.3 is 15.7 Å². The van der Waals surface area contributed by atoms with Crippen LogP contribution in [0.5, 0.6) is 0 Å². The molecule has 212 valence electrons. The Bertz CT molecular complexity index is 1960. The van der Waals surface area contributed by atoms with Gasteiger partial charge in [-0.15, -0.1) is 0 Å². The normalized spacial score (nSPS) is 10.5. The molecule has 0 fully saturated rings. The average molecular weight is 608 g/mol. The van der Waals surface area contributed by atoms with E-state index in [1.807, 2.05) is 38.1 Å². The van der Waals surface area contributed by atoms with Crippen LogP contribution in [0.15, 0.2) is 85.7 Å². The molecule has 0 unspecified atom stereocenters. The molecule has 6 aromatic rings. The van der Waals surface area contributed by atoms with Gasteiger partial charge in [0.05, 0.1) is 45.3 Å². The number of nitrogens with one attached hydrogen (secondary N) is 2. The van der Waals surface area contributed by atoms with Crippen LogP contribution < -0.4 is 5.73 Å². The molecule has 9 nitrogen and oxygen atoms in total. The molecular weight excluding hydrogens is 583 g/mol. The van der Waals surface area contributed by atoms with Crippen molar-refractivity contribution in [3.8, 4) is 51.4 Å². The summed E-state index contributed by atoms with van der Waals surface area (Å²) in [7, 11) is 0. The van der Waals surface area contributed by atoms with Gasteiger partial charge in [0.25, 0.3) is 5.91 Å². The van der Waals surface area contributed by atoms with E-state index in [0.29, 0.717) is 38.3 Å². The van der Waals surface area contributed by atoms with Crippen LogP contribution in [0, 0.1) is 25.2 Å². The summed E-state index contributed by atoms with van der Waals surface area (Å²) in [6, 6.07) is 20.4. The van der Waals surface area contributed by atoms with E-state index in [0.717, 1.165) is 39.3 Å². The molecule has 6 rings (SSSR count). The third kappa shape index (κ3) is 6.46. The van der Waals surface area contributed by atoms with Crippen LogP contribution in [0.4, 0.5) is 0 Å². The zero-order valence-corrected chi connectivity index (χ0v) is 24.6. The number of aromatic amines is 2.